The van der Waals surface area contributed by atoms with Crippen LogP contribution >= 0.6 is 0 Å². The highest BCUT2D eigenvalue weighted by Crippen LogP contribution is 2.36. The molecule has 1 fully saturated rings. The van der Waals surface area contributed by atoms with Crippen molar-refractivity contribution in [3.05, 3.63) is 0 Å². The summed E-state index contributed by atoms with van der Waals surface area (Å²) < 4.78 is 23.8. The molecule has 1 heterocycles. The van der Waals surface area contributed by atoms with E-state index in [1.165, 1.54) is 0 Å². The molecule has 0 aromatic heterocycles. The Bertz CT molecular complexity index is 298. The van der Waals surface area contributed by atoms with Gasteiger partial charge in [0.15, 0.2) is 22.4 Å². The van der Waals surface area contributed by atoms with E-state index in [-0.39, 0.29) is 11.9 Å². The van der Waals surface area contributed by atoms with Gasteiger partial charge in [-0.25, -0.2) is 0 Å². The van der Waals surface area contributed by atoms with Crippen molar-refractivity contribution in [3.63, 3.8) is 0 Å². The third-order valence-corrected chi connectivity index (χ3v) is 11.7. The molecule has 0 aromatic rings. The maximum Gasteiger partial charge on any atom is 0.300 e. The van der Waals surface area contributed by atoms with Crippen molar-refractivity contribution < 1.29 is 17.7 Å². The number of rotatable bonds is 9. The average Bonchev–Trinajstić information content (AvgIpc) is 2.77. The molecule has 0 amide bonds. The first-order chi connectivity index (χ1) is 8.91. The van der Waals surface area contributed by atoms with E-state index in [2.05, 4.69) is 39.3 Å². The quantitative estimate of drug-likeness (QED) is 0.367. The highest BCUT2D eigenvalue weighted by Gasteiger charge is 2.50. The van der Waals surface area contributed by atoms with E-state index in [4.69, 9.17) is 17.7 Å². The van der Waals surface area contributed by atoms with Crippen LogP contribution in [0.3, 0.4) is 0 Å². The summed E-state index contributed by atoms with van der Waals surface area (Å²) >= 11 is 0. The van der Waals surface area contributed by atoms with Crippen molar-refractivity contribution in [1.82, 2.24) is 0 Å². The fourth-order valence-electron chi connectivity index (χ4n) is 1.92. The van der Waals surface area contributed by atoms with Gasteiger partial charge in [0, 0.05) is 0 Å². The van der Waals surface area contributed by atoms with E-state index in [1.54, 1.807) is 0 Å². The molecule has 1 aliphatic rings. The van der Waals surface area contributed by atoms with E-state index in [0.29, 0.717) is 0 Å². The average molecular weight is 337 g/mol. The van der Waals surface area contributed by atoms with E-state index >= 15 is 0 Å². The Balaban J connectivity index is 2.32. The third kappa shape index (κ3) is 7.49. The SMILES string of the molecule is CC1OC1(C)OCCC[SiH](O[Si](C)(C)C)O[Si](C)(C)C. The normalized spacial score (nSPS) is 27.1. The number of hydrogen-bond donors (Lipinski definition) is 0. The van der Waals surface area contributed by atoms with Crippen LogP contribution in [0.5, 0.6) is 0 Å². The minimum atomic E-state index is -1.56. The second-order valence-corrected chi connectivity index (χ2v) is 19.4. The first kappa shape index (κ1) is 18.5. The van der Waals surface area contributed by atoms with Crippen molar-refractivity contribution in [3.8, 4) is 0 Å². The van der Waals surface area contributed by atoms with Gasteiger partial charge in [-0.3, -0.25) is 0 Å². The highest BCUT2D eigenvalue weighted by atomic mass is 28.4. The predicted molar refractivity (Wildman–Crippen MR) is 90.3 cm³/mol. The molecule has 2 unspecified atom stereocenters. The molecular weight excluding hydrogens is 304 g/mol. The van der Waals surface area contributed by atoms with Gasteiger partial charge in [0.1, 0.15) is 6.10 Å². The Morgan fingerprint density at radius 1 is 1.05 bits per heavy atom. The second kappa shape index (κ2) is 6.72. The zero-order valence-corrected chi connectivity index (χ0v) is 17.6. The largest absolute Gasteiger partial charge is 0.439 e. The van der Waals surface area contributed by atoms with Crippen molar-refractivity contribution in [2.75, 3.05) is 6.61 Å². The number of epoxide rings is 1. The lowest BCUT2D eigenvalue weighted by atomic mass is 10.3. The van der Waals surface area contributed by atoms with Crippen LogP contribution in [0.2, 0.25) is 45.3 Å². The van der Waals surface area contributed by atoms with Gasteiger partial charge in [-0.15, -0.1) is 0 Å². The molecule has 1 saturated heterocycles. The topological polar surface area (TPSA) is 40.2 Å². The van der Waals surface area contributed by atoms with E-state index < -0.39 is 25.9 Å². The van der Waals surface area contributed by atoms with Gasteiger partial charge >= 0.3 is 9.28 Å². The Hall–Kier alpha value is 0.491. The molecule has 1 aliphatic heterocycles. The summed E-state index contributed by atoms with van der Waals surface area (Å²) in [6.45, 7) is 18.2. The Morgan fingerprint density at radius 3 is 1.85 bits per heavy atom. The molecule has 0 saturated carbocycles. The summed E-state index contributed by atoms with van der Waals surface area (Å²) in [6, 6.07) is 1.03. The molecule has 0 spiro atoms. The van der Waals surface area contributed by atoms with Gasteiger partial charge < -0.3 is 17.7 Å². The summed E-state index contributed by atoms with van der Waals surface area (Å²) in [5, 5.41) is 0. The Morgan fingerprint density at radius 2 is 1.50 bits per heavy atom. The maximum absolute atomic E-state index is 6.29. The van der Waals surface area contributed by atoms with Crippen molar-refractivity contribution in [2.45, 2.75) is 77.5 Å². The van der Waals surface area contributed by atoms with Gasteiger partial charge in [-0.2, -0.15) is 0 Å². The minimum Gasteiger partial charge on any atom is -0.439 e. The smallest absolute Gasteiger partial charge is 0.300 e. The van der Waals surface area contributed by atoms with Crippen LogP contribution in [0.4, 0.5) is 0 Å². The van der Waals surface area contributed by atoms with Crippen LogP contribution in [0.25, 0.3) is 0 Å². The lowest BCUT2D eigenvalue weighted by Crippen LogP contribution is -2.43. The molecule has 7 heteroatoms. The molecular formula is C13H32O4Si3. The summed E-state index contributed by atoms with van der Waals surface area (Å²) in [7, 11) is -4.61. The Kier molecular flexibility index (Phi) is 6.23. The lowest BCUT2D eigenvalue weighted by Gasteiger charge is -2.30. The summed E-state index contributed by atoms with van der Waals surface area (Å²) in [6.07, 6.45) is 1.23. The van der Waals surface area contributed by atoms with Gasteiger partial charge in [-0.1, -0.05) is 0 Å². The standard InChI is InChI=1S/C13H32O4Si3/c1-12-13(2,15-12)14-10-9-11-18(16-19(3,4)5)17-20(6,7)8/h12,18H,9-11H2,1-8H3. The fraction of sp³-hybridized carbons (Fsp3) is 1.00. The van der Waals surface area contributed by atoms with E-state index in [1.807, 2.05) is 13.8 Å². The second-order valence-electron chi connectivity index (χ2n) is 7.66. The molecule has 20 heavy (non-hydrogen) atoms. The van der Waals surface area contributed by atoms with Gasteiger partial charge in [0.2, 0.25) is 0 Å². The van der Waals surface area contributed by atoms with E-state index in [9.17, 15) is 0 Å². The van der Waals surface area contributed by atoms with E-state index in [0.717, 1.165) is 19.1 Å². The minimum absolute atomic E-state index is 0.229. The van der Waals surface area contributed by atoms with Crippen LogP contribution in [0, 0.1) is 0 Å². The summed E-state index contributed by atoms with van der Waals surface area (Å²) in [5.41, 5.74) is 0. The zero-order valence-electron chi connectivity index (χ0n) is 14.4. The molecule has 0 N–H and O–H groups in total. The lowest BCUT2D eigenvalue weighted by molar-refractivity contribution is -0.0296. The molecule has 120 valence electrons. The van der Waals surface area contributed by atoms with Crippen LogP contribution in [-0.4, -0.2) is 44.4 Å². The molecule has 0 radical (unpaired) electrons. The molecule has 2 atom stereocenters. The Labute approximate surface area is 128 Å². The van der Waals surface area contributed by atoms with Crippen LogP contribution in [0.15, 0.2) is 0 Å². The van der Waals surface area contributed by atoms with Crippen molar-refractivity contribution >= 4 is 25.9 Å². The summed E-state index contributed by atoms with van der Waals surface area (Å²) in [5.74, 6) is -0.337. The molecule has 0 aliphatic carbocycles. The molecule has 4 nitrogen and oxygen atoms in total. The van der Waals surface area contributed by atoms with Crippen molar-refractivity contribution in [1.29, 1.82) is 0 Å². The van der Waals surface area contributed by atoms with Gasteiger partial charge in [0.25, 0.3) is 0 Å². The van der Waals surface area contributed by atoms with Crippen LogP contribution in [0.1, 0.15) is 20.3 Å². The number of ether oxygens (including phenoxy) is 2. The molecule has 0 bridgehead atoms. The van der Waals surface area contributed by atoms with Gasteiger partial charge in [0.05, 0.1) is 6.61 Å². The van der Waals surface area contributed by atoms with Gasteiger partial charge in [-0.05, 0) is 65.6 Å². The van der Waals surface area contributed by atoms with Crippen LogP contribution in [-0.2, 0) is 17.7 Å². The monoisotopic (exact) mass is 336 g/mol. The predicted octanol–water partition coefficient (Wildman–Crippen LogP) is 3.45. The summed E-state index contributed by atoms with van der Waals surface area (Å²) in [4.78, 5) is 0. The first-order valence-corrected chi connectivity index (χ1v) is 16.2. The maximum atomic E-state index is 6.29. The molecule has 0 aromatic carbocycles. The third-order valence-electron chi connectivity index (χ3n) is 3.03. The first-order valence-electron chi connectivity index (χ1n) is 7.59. The fourth-order valence-corrected chi connectivity index (χ4v) is 10.3. The highest BCUT2D eigenvalue weighted by molar-refractivity contribution is 6.81. The van der Waals surface area contributed by atoms with Crippen molar-refractivity contribution in [2.24, 2.45) is 0 Å². The number of hydrogen-bond acceptors (Lipinski definition) is 4. The molecule has 1 rings (SSSR count). The van der Waals surface area contributed by atoms with Crippen LogP contribution < -0.4 is 0 Å². The zero-order chi connectivity index (χ0) is 15.6.